The van der Waals surface area contributed by atoms with E-state index >= 15 is 0 Å². The van der Waals surface area contributed by atoms with Crippen LogP contribution in [0.1, 0.15) is 40.0 Å². The molecule has 0 aliphatic carbocycles. The first-order valence-corrected chi connectivity index (χ1v) is 6.51. The highest BCUT2D eigenvalue weighted by Crippen LogP contribution is 2.24. The first kappa shape index (κ1) is 14.0. The number of carbonyl (C=O) groups excluding carboxylic acids is 1. The molecule has 1 N–H and O–H groups in total. The second-order valence-electron chi connectivity index (χ2n) is 5.13. The predicted molar refractivity (Wildman–Crippen MR) is 65.6 cm³/mol. The lowest BCUT2D eigenvalue weighted by Gasteiger charge is -2.36. The van der Waals surface area contributed by atoms with Crippen LogP contribution in [0, 0.1) is 17.8 Å². The molecule has 4 nitrogen and oxygen atoms in total. The van der Waals surface area contributed by atoms with Crippen molar-refractivity contribution in [3.63, 3.8) is 0 Å². The number of rotatable bonds is 4. The van der Waals surface area contributed by atoms with Crippen molar-refractivity contribution in [1.29, 1.82) is 0 Å². The molecular formula is C13H23NO3. The van der Waals surface area contributed by atoms with Crippen molar-refractivity contribution in [2.45, 2.75) is 40.0 Å². The average Bonchev–Trinajstić information content (AvgIpc) is 2.29. The van der Waals surface area contributed by atoms with Crippen LogP contribution in [-0.2, 0) is 9.59 Å². The van der Waals surface area contributed by atoms with Crippen LogP contribution in [0.5, 0.6) is 0 Å². The van der Waals surface area contributed by atoms with Gasteiger partial charge in [0.25, 0.3) is 0 Å². The molecule has 0 saturated carbocycles. The molecule has 0 spiro atoms. The molecule has 2 unspecified atom stereocenters. The number of aliphatic carboxylic acids is 1. The van der Waals surface area contributed by atoms with Gasteiger partial charge in [-0.2, -0.15) is 0 Å². The molecule has 0 aromatic heterocycles. The number of amides is 1. The summed E-state index contributed by atoms with van der Waals surface area (Å²) in [5.41, 5.74) is 0. The summed E-state index contributed by atoms with van der Waals surface area (Å²) in [6, 6.07) is 0. The fourth-order valence-corrected chi connectivity index (χ4v) is 2.61. The van der Waals surface area contributed by atoms with Crippen LogP contribution >= 0.6 is 0 Å². The van der Waals surface area contributed by atoms with Crippen molar-refractivity contribution in [1.82, 2.24) is 4.90 Å². The van der Waals surface area contributed by atoms with Gasteiger partial charge in [-0.3, -0.25) is 9.59 Å². The summed E-state index contributed by atoms with van der Waals surface area (Å²) in [6.45, 7) is 7.12. The Morgan fingerprint density at radius 3 is 2.35 bits per heavy atom. The second-order valence-corrected chi connectivity index (χ2v) is 5.13. The molecule has 0 radical (unpaired) electrons. The number of nitrogens with zero attached hydrogens (tertiary/aromatic N) is 1. The van der Waals surface area contributed by atoms with Crippen molar-refractivity contribution >= 4 is 11.9 Å². The Balaban J connectivity index is 2.69. The van der Waals surface area contributed by atoms with E-state index < -0.39 is 11.9 Å². The zero-order chi connectivity index (χ0) is 13.0. The Morgan fingerprint density at radius 1 is 1.29 bits per heavy atom. The fourth-order valence-electron chi connectivity index (χ4n) is 2.61. The van der Waals surface area contributed by atoms with Crippen LogP contribution in [0.15, 0.2) is 0 Å². The van der Waals surface area contributed by atoms with E-state index in [4.69, 9.17) is 5.11 Å². The van der Waals surface area contributed by atoms with Gasteiger partial charge in [0.15, 0.2) is 0 Å². The lowest BCUT2D eigenvalue weighted by atomic mass is 9.89. The summed E-state index contributed by atoms with van der Waals surface area (Å²) in [5, 5.41) is 9.07. The van der Waals surface area contributed by atoms with Gasteiger partial charge in [0.05, 0.1) is 5.92 Å². The topological polar surface area (TPSA) is 57.6 Å². The monoisotopic (exact) mass is 241 g/mol. The minimum atomic E-state index is -0.779. The van der Waals surface area contributed by atoms with Gasteiger partial charge in [0, 0.05) is 19.0 Å². The largest absolute Gasteiger partial charge is 0.481 e. The van der Waals surface area contributed by atoms with E-state index in [0.717, 1.165) is 12.8 Å². The van der Waals surface area contributed by atoms with E-state index in [0.29, 0.717) is 19.5 Å². The van der Waals surface area contributed by atoms with E-state index in [1.807, 2.05) is 20.8 Å². The van der Waals surface area contributed by atoms with E-state index in [1.165, 1.54) is 0 Å². The van der Waals surface area contributed by atoms with E-state index in [-0.39, 0.29) is 17.7 Å². The van der Waals surface area contributed by atoms with Gasteiger partial charge in [0.1, 0.15) is 0 Å². The highest BCUT2D eigenvalue weighted by molar-refractivity contribution is 5.80. The number of hydrogen-bond donors (Lipinski definition) is 1. The molecule has 1 aliphatic heterocycles. The molecule has 2 atom stereocenters. The van der Waals surface area contributed by atoms with Crippen LogP contribution < -0.4 is 0 Å². The first-order chi connectivity index (χ1) is 7.99. The molecule has 1 saturated heterocycles. The standard InChI is InChI=1S/C13H23NO3/c1-4-10(5-2)12(15)14-7-9(3)6-11(8-14)13(16)17/h9-11H,4-8H2,1-3H3,(H,16,17). The minimum absolute atomic E-state index is 0.0507. The Kier molecular flexibility index (Phi) is 4.97. The zero-order valence-corrected chi connectivity index (χ0v) is 11.0. The maximum absolute atomic E-state index is 12.2. The minimum Gasteiger partial charge on any atom is -0.481 e. The molecule has 17 heavy (non-hydrogen) atoms. The van der Waals surface area contributed by atoms with Crippen molar-refractivity contribution in [2.75, 3.05) is 13.1 Å². The van der Waals surface area contributed by atoms with E-state index in [2.05, 4.69) is 0 Å². The van der Waals surface area contributed by atoms with E-state index in [1.54, 1.807) is 4.90 Å². The number of hydrogen-bond acceptors (Lipinski definition) is 2. The summed E-state index contributed by atoms with van der Waals surface area (Å²) in [6.07, 6.45) is 2.35. The smallest absolute Gasteiger partial charge is 0.308 e. The maximum Gasteiger partial charge on any atom is 0.308 e. The van der Waals surface area contributed by atoms with Gasteiger partial charge in [-0.25, -0.2) is 0 Å². The summed E-state index contributed by atoms with van der Waals surface area (Å²) in [4.78, 5) is 25.0. The Morgan fingerprint density at radius 2 is 1.88 bits per heavy atom. The second kappa shape index (κ2) is 6.03. The molecule has 4 heteroatoms. The Bertz CT molecular complexity index is 286. The third-order valence-corrected chi connectivity index (χ3v) is 3.66. The van der Waals surface area contributed by atoms with Crippen molar-refractivity contribution < 1.29 is 14.7 Å². The normalized spacial score (nSPS) is 25.1. The number of carbonyl (C=O) groups is 2. The van der Waals surface area contributed by atoms with Gasteiger partial charge < -0.3 is 10.0 Å². The van der Waals surface area contributed by atoms with Gasteiger partial charge in [0.2, 0.25) is 5.91 Å². The molecule has 98 valence electrons. The highest BCUT2D eigenvalue weighted by atomic mass is 16.4. The lowest BCUT2D eigenvalue weighted by Crippen LogP contribution is -2.47. The molecule has 1 heterocycles. The van der Waals surface area contributed by atoms with E-state index in [9.17, 15) is 9.59 Å². The number of likely N-dealkylation sites (tertiary alicyclic amines) is 1. The zero-order valence-electron chi connectivity index (χ0n) is 11.0. The van der Waals surface area contributed by atoms with Crippen LogP contribution in [0.4, 0.5) is 0 Å². The molecule has 0 aromatic rings. The first-order valence-electron chi connectivity index (χ1n) is 6.51. The number of carboxylic acids is 1. The molecular weight excluding hydrogens is 218 g/mol. The lowest BCUT2D eigenvalue weighted by molar-refractivity contribution is -0.148. The van der Waals surface area contributed by atoms with Crippen molar-refractivity contribution in [2.24, 2.45) is 17.8 Å². The van der Waals surface area contributed by atoms with Crippen LogP contribution in [0.2, 0.25) is 0 Å². The van der Waals surface area contributed by atoms with Gasteiger partial charge >= 0.3 is 5.97 Å². The van der Waals surface area contributed by atoms with Crippen molar-refractivity contribution in [3.8, 4) is 0 Å². The molecule has 1 aliphatic rings. The SMILES string of the molecule is CCC(CC)C(=O)N1CC(C)CC(C(=O)O)C1. The van der Waals surface area contributed by atoms with Crippen LogP contribution in [0.3, 0.4) is 0 Å². The quantitative estimate of drug-likeness (QED) is 0.819. The summed E-state index contributed by atoms with van der Waals surface area (Å²) < 4.78 is 0. The third kappa shape index (κ3) is 3.45. The molecule has 1 amide bonds. The van der Waals surface area contributed by atoms with Gasteiger partial charge in [-0.05, 0) is 25.2 Å². The maximum atomic E-state index is 12.2. The highest BCUT2D eigenvalue weighted by Gasteiger charge is 2.33. The van der Waals surface area contributed by atoms with Gasteiger partial charge in [-0.15, -0.1) is 0 Å². The predicted octanol–water partition coefficient (Wildman–Crippen LogP) is 1.99. The number of piperidine rings is 1. The molecule has 0 bridgehead atoms. The summed E-state index contributed by atoms with van der Waals surface area (Å²) in [5.74, 6) is -0.707. The molecule has 0 aromatic carbocycles. The summed E-state index contributed by atoms with van der Waals surface area (Å²) >= 11 is 0. The fraction of sp³-hybridized carbons (Fsp3) is 0.846. The van der Waals surface area contributed by atoms with Gasteiger partial charge in [-0.1, -0.05) is 20.8 Å². The Labute approximate surface area is 103 Å². The number of carboxylic acid groups (broad SMARTS) is 1. The molecule has 1 rings (SSSR count). The Hall–Kier alpha value is -1.06. The summed E-state index contributed by atoms with van der Waals surface area (Å²) in [7, 11) is 0. The average molecular weight is 241 g/mol. The molecule has 1 fully saturated rings. The van der Waals surface area contributed by atoms with Crippen LogP contribution in [0.25, 0.3) is 0 Å². The third-order valence-electron chi connectivity index (χ3n) is 3.66. The van der Waals surface area contributed by atoms with Crippen molar-refractivity contribution in [3.05, 3.63) is 0 Å². The van der Waals surface area contributed by atoms with Crippen LogP contribution in [-0.4, -0.2) is 35.0 Å².